The Morgan fingerprint density at radius 2 is 1.45 bits per heavy atom. The Bertz CT molecular complexity index is 530. The van der Waals surface area contributed by atoms with Crippen molar-refractivity contribution < 1.29 is 9.59 Å². The third-order valence-corrected chi connectivity index (χ3v) is 5.16. The third kappa shape index (κ3) is 4.52. The summed E-state index contributed by atoms with van der Waals surface area (Å²) in [6, 6.07) is 7.23. The molecule has 0 bridgehead atoms. The monoisotopic (exact) mass is 335 g/mol. The Hall–Kier alpha value is -1.46. The molecule has 0 atom stereocenters. The average Bonchev–Trinajstić information content (AvgIpc) is 3.23. The van der Waals surface area contributed by atoms with Crippen molar-refractivity contribution in [1.82, 2.24) is 4.90 Å². The first-order chi connectivity index (χ1) is 10.7. The van der Waals surface area contributed by atoms with Gasteiger partial charge in [0.2, 0.25) is 0 Å². The van der Waals surface area contributed by atoms with Crippen LogP contribution in [0.15, 0.2) is 35.0 Å². The number of hydrogen-bond donors (Lipinski definition) is 0. The molecule has 2 aromatic heterocycles. The molecule has 118 valence electrons. The minimum atomic E-state index is -0.177. The van der Waals surface area contributed by atoms with Crippen LogP contribution < -0.4 is 0 Å². The van der Waals surface area contributed by atoms with Crippen LogP contribution in [0.2, 0.25) is 0 Å². The van der Waals surface area contributed by atoms with E-state index in [4.69, 9.17) is 0 Å². The van der Waals surface area contributed by atoms with Gasteiger partial charge in [-0.1, -0.05) is 44.7 Å². The lowest BCUT2D eigenvalue weighted by molar-refractivity contribution is 0.0619. The van der Waals surface area contributed by atoms with Crippen molar-refractivity contribution in [3.8, 4) is 0 Å². The lowest BCUT2D eigenvalue weighted by atomic mass is 10.1. The molecule has 0 saturated heterocycles. The van der Waals surface area contributed by atoms with Crippen molar-refractivity contribution in [1.29, 1.82) is 0 Å². The molecule has 2 aromatic rings. The minimum absolute atomic E-state index is 0.177. The summed E-state index contributed by atoms with van der Waals surface area (Å²) in [6.45, 7) is 2.67. The Morgan fingerprint density at radius 3 is 1.91 bits per heavy atom. The first-order valence-electron chi connectivity index (χ1n) is 7.67. The molecule has 0 aromatic carbocycles. The van der Waals surface area contributed by atoms with Crippen LogP contribution in [0.4, 0.5) is 0 Å². The van der Waals surface area contributed by atoms with Gasteiger partial charge in [-0.05, 0) is 29.3 Å². The van der Waals surface area contributed by atoms with Gasteiger partial charge in [-0.2, -0.15) is 0 Å². The van der Waals surface area contributed by atoms with Gasteiger partial charge in [-0.25, -0.2) is 0 Å². The van der Waals surface area contributed by atoms with E-state index in [-0.39, 0.29) is 11.8 Å². The third-order valence-electron chi connectivity index (χ3n) is 3.44. The second-order valence-electron chi connectivity index (χ2n) is 5.13. The predicted molar refractivity (Wildman–Crippen MR) is 92.8 cm³/mol. The van der Waals surface area contributed by atoms with Crippen LogP contribution in [0.5, 0.6) is 0 Å². The molecule has 0 aliphatic carbocycles. The van der Waals surface area contributed by atoms with Gasteiger partial charge < -0.3 is 0 Å². The van der Waals surface area contributed by atoms with Crippen molar-refractivity contribution >= 4 is 34.5 Å². The van der Waals surface area contributed by atoms with E-state index in [1.54, 1.807) is 12.1 Å². The topological polar surface area (TPSA) is 37.4 Å². The normalized spacial score (nSPS) is 10.6. The number of thiophene rings is 2. The van der Waals surface area contributed by atoms with Gasteiger partial charge in [-0.15, -0.1) is 22.7 Å². The zero-order valence-electron chi connectivity index (χ0n) is 12.8. The van der Waals surface area contributed by atoms with Crippen LogP contribution in [0.3, 0.4) is 0 Å². The Labute approximate surface area is 139 Å². The van der Waals surface area contributed by atoms with Crippen molar-refractivity contribution in [2.24, 2.45) is 0 Å². The van der Waals surface area contributed by atoms with E-state index in [0.29, 0.717) is 16.3 Å². The highest BCUT2D eigenvalue weighted by Crippen LogP contribution is 2.18. The van der Waals surface area contributed by atoms with Crippen LogP contribution in [-0.4, -0.2) is 23.3 Å². The van der Waals surface area contributed by atoms with Crippen molar-refractivity contribution in [2.45, 2.75) is 39.0 Å². The van der Waals surface area contributed by atoms with Gasteiger partial charge in [0.25, 0.3) is 11.8 Å². The largest absolute Gasteiger partial charge is 0.273 e. The molecule has 0 radical (unpaired) electrons. The second-order valence-corrected chi connectivity index (χ2v) is 7.03. The van der Waals surface area contributed by atoms with Gasteiger partial charge >= 0.3 is 0 Å². The summed E-state index contributed by atoms with van der Waals surface area (Å²) in [5.74, 6) is -0.354. The smallest absolute Gasteiger partial charge is 0.270 e. The fourth-order valence-corrected chi connectivity index (χ4v) is 3.58. The van der Waals surface area contributed by atoms with Crippen LogP contribution in [0.1, 0.15) is 58.4 Å². The molecular formula is C17H21NO2S2. The molecule has 0 unspecified atom stereocenters. The van der Waals surface area contributed by atoms with E-state index in [1.165, 1.54) is 40.4 Å². The van der Waals surface area contributed by atoms with E-state index < -0.39 is 0 Å². The van der Waals surface area contributed by atoms with E-state index >= 15 is 0 Å². The molecule has 5 heteroatoms. The quantitative estimate of drug-likeness (QED) is 0.499. The molecule has 0 fully saturated rings. The molecular weight excluding hydrogens is 314 g/mol. The summed E-state index contributed by atoms with van der Waals surface area (Å²) in [7, 11) is 0. The van der Waals surface area contributed by atoms with Gasteiger partial charge in [0.15, 0.2) is 0 Å². The molecule has 0 aliphatic rings. The molecule has 3 nitrogen and oxygen atoms in total. The van der Waals surface area contributed by atoms with E-state index in [2.05, 4.69) is 6.92 Å². The minimum Gasteiger partial charge on any atom is -0.273 e. The second kappa shape index (κ2) is 8.86. The summed E-state index contributed by atoms with van der Waals surface area (Å²) < 4.78 is 0. The number of nitrogens with zero attached hydrogens (tertiary/aromatic N) is 1. The maximum Gasteiger partial charge on any atom is 0.270 e. The molecule has 2 heterocycles. The maximum absolute atomic E-state index is 12.6. The summed E-state index contributed by atoms with van der Waals surface area (Å²) in [4.78, 5) is 27.8. The lowest BCUT2D eigenvalue weighted by Crippen LogP contribution is -2.37. The molecule has 0 N–H and O–H groups in total. The van der Waals surface area contributed by atoms with Crippen molar-refractivity contribution in [3.63, 3.8) is 0 Å². The van der Waals surface area contributed by atoms with Gasteiger partial charge in [0.1, 0.15) is 0 Å². The SMILES string of the molecule is CCCCCCCN(C(=O)c1cccs1)C(=O)c1cccs1. The predicted octanol–water partition coefficient (Wildman–Crippen LogP) is 5.06. The number of carbonyl (C=O) groups is 2. The van der Waals surface area contributed by atoms with Gasteiger partial charge in [-0.3, -0.25) is 14.5 Å². The standard InChI is InChI=1S/C17H21NO2S2/c1-2-3-4-5-6-11-18(16(19)14-9-7-12-21-14)17(20)15-10-8-13-22-15/h7-10,12-13H,2-6,11H2,1H3. The highest BCUT2D eigenvalue weighted by atomic mass is 32.1. The van der Waals surface area contributed by atoms with Crippen LogP contribution in [-0.2, 0) is 0 Å². The Balaban J connectivity index is 2.03. The maximum atomic E-state index is 12.6. The Morgan fingerprint density at radius 1 is 0.909 bits per heavy atom. The fourth-order valence-electron chi connectivity index (χ4n) is 2.24. The average molecular weight is 335 g/mol. The molecule has 0 spiro atoms. The zero-order valence-corrected chi connectivity index (χ0v) is 14.4. The Kier molecular flexibility index (Phi) is 6.80. The van der Waals surface area contributed by atoms with Crippen LogP contribution in [0.25, 0.3) is 0 Å². The van der Waals surface area contributed by atoms with Gasteiger partial charge in [0, 0.05) is 6.54 Å². The van der Waals surface area contributed by atoms with E-state index in [1.807, 2.05) is 22.9 Å². The number of hydrogen-bond acceptors (Lipinski definition) is 4. The molecule has 0 saturated carbocycles. The van der Waals surface area contributed by atoms with Crippen LogP contribution >= 0.6 is 22.7 Å². The van der Waals surface area contributed by atoms with Crippen molar-refractivity contribution in [2.75, 3.05) is 6.54 Å². The number of imide groups is 1. The molecule has 22 heavy (non-hydrogen) atoms. The van der Waals surface area contributed by atoms with E-state index in [9.17, 15) is 9.59 Å². The number of rotatable bonds is 8. The molecule has 0 aliphatic heterocycles. The number of amides is 2. The first-order valence-corrected chi connectivity index (χ1v) is 9.43. The fraction of sp³-hybridized carbons (Fsp3) is 0.412. The summed E-state index contributed by atoms with van der Waals surface area (Å²) >= 11 is 2.76. The molecule has 2 rings (SSSR count). The van der Waals surface area contributed by atoms with Crippen LogP contribution in [0, 0.1) is 0 Å². The first kappa shape index (κ1) is 16.9. The number of carbonyl (C=O) groups excluding carboxylic acids is 2. The summed E-state index contributed by atoms with van der Waals surface area (Å²) in [5, 5.41) is 3.73. The van der Waals surface area contributed by atoms with E-state index in [0.717, 1.165) is 19.3 Å². The van der Waals surface area contributed by atoms with Crippen molar-refractivity contribution in [3.05, 3.63) is 44.8 Å². The zero-order chi connectivity index (χ0) is 15.8. The number of unbranched alkanes of at least 4 members (excludes halogenated alkanes) is 4. The molecule has 2 amide bonds. The highest BCUT2D eigenvalue weighted by Gasteiger charge is 2.24. The highest BCUT2D eigenvalue weighted by molar-refractivity contribution is 7.12. The summed E-state index contributed by atoms with van der Waals surface area (Å²) in [5.41, 5.74) is 0. The summed E-state index contributed by atoms with van der Waals surface area (Å²) in [6.07, 6.45) is 5.47. The lowest BCUT2D eigenvalue weighted by Gasteiger charge is -2.19. The van der Waals surface area contributed by atoms with Gasteiger partial charge in [0.05, 0.1) is 9.75 Å².